The van der Waals surface area contributed by atoms with Crippen LogP contribution >= 0.6 is 0 Å². The Bertz CT molecular complexity index is 704. The van der Waals surface area contributed by atoms with Gasteiger partial charge in [-0.1, -0.05) is 6.92 Å². The third kappa shape index (κ3) is 5.95. The molecule has 1 aromatic rings. The number of anilines is 1. The van der Waals surface area contributed by atoms with Crippen molar-refractivity contribution >= 4 is 5.69 Å². The quantitative estimate of drug-likeness (QED) is 0.695. The Balaban J connectivity index is 0.998. The summed E-state index contributed by atoms with van der Waals surface area (Å²) in [4.78, 5) is 9.61. The topological polar surface area (TPSA) is 49.9 Å². The van der Waals surface area contributed by atoms with E-state index >= 15 is 0 Å². The Morgan fingerprint density at radius 1 is 0.938 bits per heavy atom. The van der Waals surface area contributed by atoms with Gasteiger partial charge in [0.25, 0.3) is 0 Å². The molecule has 178 valence electrons. The van der Waals surface area contributed by atoms with Gasteiger partial charge in [-0.15, -0.1) is 0 Å². The van der Waals surface area contributed by atoms with E-state index in [0.29, 0.717) is 12.2 Å². The summed E-state index contributed by atoms with van der Waals surface area (Å²) in [5.74, 6) is 2.51. The van der Waals surface area contributed by atoms with Crippen molar-refractivity contribution in [3.63, 3.8) is 0 Å². The van der Waals surface area contributed by atoms with Gasteiger partial charge in [-0.05, 0) is 69.5 Å². The second kappa shape index (κ2) is 10.7. The van der Waals surface area contributed by atoms with Crippen molar-refractivity contribution in [2.45, 2.75) is 76.6 Å². The van der Waals surface area contributed by atoms with Crippen molar-refractivity contribution in [2.75, 3.05) is 50.7 Å². The minimum atomic E-state index is 0.254. The summed E-state index contributed by atoms with van der Waals surface area (Å²) >= 11 is 0. The number of likely N-dealkylation sites (tertiary alicyclic amines) is 1. The van der Waals surface area contributed by atoms with Crippen molar-refractivity contribution in [3.8, 4) is 5.88 Å². The molecular formula is C26H42N4O2. The van der Waals surface area contributed by atoms with Crippen LogP contribution in [0.4, 0.5) is 5.69 Å². The Morgan fingerprint density at radius 2 is 1.69 bits per heavy atom. The predicted octanol–water partition coefficient (Wildman–Crippen LogP) is 3.71. The van der Waals surface area contributed by atoms with Gasteiger partial charge < -0.3 is 24.6 Å². The molecule has 3 saturated heterocycles. The number of aromatic nitrogens is 1. The Morgan fingerprint density at radius 3 is 2.44 bits per heavy atom. The fourth-order valence-electron chi connectivity index (χ4n) is 5.75. The van der Waals surface area contributed by atoms with Crippen LogP contribution in [0.15, 0.2) is 18.3 Å². The van der Waals surface area contributed by atoms with Crippen molar-refractivity contribution in [1.82, 2.24) is 15.2 Å². The molecule has 0 spiro atoms. The lowest BCUT2D eigenvalue weighted by Gasteiger charge is -2.40. The van der Waals surface area contributed by atoms with Crippen molar-refractivity contribution in [3.05, 3.63) is 18.3 Å². The van der Waals surface area contributed by atoms with Gasteiger partial charge in [0.2, 0.25) is 5.88 Å². The van der Waals surface area contributed by atoms with Crippen molar-refractivity contribution < 1.29 is 9.47 Å². The molecule has 1 saturated carbocycles. The monoisotopic (exact) mass is 442 g/mol. The van der Waals surface area contributed by atoms with E-state index in [1.165, 1.54) is 76.9 Å². The minimum Gasteiger partial charge on any atom is -0.474 e. The first-order chi connectivity index (χ1) is 15.7. The lowest BCUT2D eigenvalue weighted by molar-refractivity contribution is -0.111. The summed E-state index contributed by atoms with van der Waals surface area (Å²) in [6.07, 6.45) is 12.6. The fraction of sp³-hybridized carbons (Fsp3) is 0.808. The highest BCUT2D eigenvalue weighted by Gasteiger charge is 2.35. The Labute approximate surface area is 194 Å². The molecule has 3 aliphatic heterocycles. The van der Waals surface area contributed by atoms with Crippen molar-refractivity contribution in [2.24, 2.45) is 11.8 Å². The first-order valence-corrected chi connectivity index (χ1v) is 13.2. The number of nitrogens with one attached hydrogen (secondary N) is 1. The molecule has 6 heteroatoms. The van der Waals surface area contributed by atoms with Gasteiger partial charge in [0.05, 0.1) is 12.2 Å². The maximum absolute atomic E-state index is 6.42. The smallest absolute Gasteiger partial charge is 0.215 e. The Hall–Kier alpha value is -1.37. The van der Waals surface area contributed by atoms with Gasteiger partial charge in [-0.25, -0.2) is 4.98 Å². The van der Waals surface area contributed by atoms with E-state index in [1.807, 2.05) is 6.20 Å². The minimum absolute atomic E-state index is 0.254. The molecule has 6 nitrogen and oxygen atoms in total. The largest absolute Gasteiger partial charge is 0.474 e. The summed E-state index contributed by atoms with van der Waals surface area (Å²) in [5.41, 5.74) is 1.25. The normalized spacial score (nSPS) is 29.1. The molecule has 0 amide bonds. The van der Waals surface area contributed by atoms with Crippen LogP contribution in [0.3, 0.4) is 0 Å². The lowest BCUT2D eigenvalue weighted by atomic mass is 9.91. The summed E-state index contributed by atoms with van der Waals surface area (Å²) in [6.45, 7) is 10.7. The van der Waals surface area contributed by atoms with Crippen LogP contribution in [0.1, 0.15) is 58.3 Å². The summed E-state index contributed by atoms with van der Waals surface area (Å²) in [5, 5.41) is 3.48. The van der Waals surface area contributed by atoms with E-state index in [-0.39, 0.29) is 6.10 Å². The van der Waals surface area contributed by atoms with E-state index < -0.39 is 0 Å². The second-order valence-electron chi connectivity index (χ2n) is 10.7. The van der Waals surface area contributed by atoms with E-state index in [2.05, 4.69) is 39.2 Å². The van der Waals surface area contributed by atoms with E-state index in [0.717, 1.165) is 43.6 Å². The molecule has 0 atom stereocenters. The van der Waals surface area contributed by atoms with Gasteiger partial charge in [-0.3, -0.25) is 0 Å². The number of ether oxygens (including phenoxy) is 2. The zero-order valence-corrected chi connectivity index (χ0v) is 19.9. The molecule has 1 aromatic heterocycles. The SMILES string of the molecule is CC1CCN(c2ccnc(OC3CC(OC4CCN(CC5CCNCC5)CC4)C3)c2)CC1. The van der Waals surface area contributed by atoms with Crippen LogP contribution in [0.25, 0.3) is 0 Å². The molecular weight excluding hydrogens is 400 g/mol. The second-order valence-corrected chi connectivity index (χ2v) is 10.7. The zero-order chi connectivity index (χ0) is 21.8. The summed E-state index contributed by atoms with van der Waals surface area (Å²) in [6, 6.07) is 4.25. The zero-order valence-electron chi connectivity index (χ0n) is 19.9. The number of rotatable bonds is 7. The van der Waals surface area contributed by atoms with E-state index in [1.54, 1.807) is 0 Å². The highest BCUT2D eigenvalue weighted by Crippen LogP contribution is 2.32. The van der Waals surface area contributed by atoms with Gasteiger partial charge in [0, 0.05) is 63.5 Å². The van der Waals surface area contributed by atoms with Gasteiger partial charge >= 0.3 is 0 Å². The molecule has 0 aromatic carbocycles. The molecule has 0 radical (unpaired) electrons. The van der Waals surface area contributed by atoms with Crippen LogP contribution in [0.5, 0.6) is 5.88 Å². The van der Waals surface area contributed by atoms with Crippen LogP contribution in [0.2, 0.25) is 0 Å². The predicted molar refractivity (Wildman–Crippen MR) is 128 cm³/mol. The average Bonchev–Trinajstić information content (AvgIpc) is 2.80. The van der Waals surface area contributed by atoms with Gasteiger partial charge in [-0.2, -0.15) is 0 Å². The molecule has 5 rings (SSSR count). The summed E-state index contributed by atoms with van der Waals surface area (Å²) in [7, 11) is 0. The molecule has 4 fully saturated rings. The van der Waals surface area contributed by atoms with Crippen LogP contribution < -0.4 is 15.0 Å². The number of hydrogen-bond acceptors (Lipinski definition) is 6. The first-order valence-electron chi connectivity index (χ1n) is 13.2. The van der Waals surface area contributed by atoms with Gasteiger partial charge in [0.15, 0.2) is 0 Å². The molecule has 1 N–H and O–H groups in total. The maximum atomic E-state index is 6.42. The maximum Gasteiger partial charge on any atom is 0.215 e. The molecule has 4 aliphatic rings. The number of pyridine rings is 1. The number of nitrogens with zero attached hydrogens (tertiary/aromatic N) is 3. The standard InChI is InChI=1S/C26H42N4O2/c1-20-5-14-30(15-6-20)22-4-11-28-26(16-22)32-25-17-24(18-25)31-23-7-12-29(13-8-23)19-21-2-9-27-10-3-21/h4,11,16,20-21,23-25,27H,2-3,5-10,12-15,17-19H2,1H3. The van der Waals surface area contributed by atoms with Crippen LogP contribution in [0, 0.1) is 11.8 Å². The Kier molecular flexibility index (Phi) is 7.50. The average molecular weight is 443 g/mol. The summed E-state index contributed by atoms with van der Waals surface area (Å²) < 4.78 is 12.6. The number of piperidine rings is 3. The van der Waals surface area contributed by atoms with Crippen molar-refractivity contribution in [1.29, 1.82) is 0 Å². The number of hydrogen-bond donors (Lipinski definition) is 1. The first kappa shape index (κ1) is 22.4. The van der Waals surface area contributed by atoms with Crippen LogP contribution in [-0.2, 0) is 4.74 Å². The van der Waals surface area contributed by atoms with Crippen LogP contribution in [-0.4, -0.2) is 74.0 Å². The molecule has 0 bridgehead atoms. The molecule has 1 aliphatic carbocycles. The highest BCUT2D eigenvalue weighted by molar-refractivity contribution is 5.48. The lowest BCUT2D eigenvalue weighted by Crippen LogP contribution is -2.46. The van der Waals surface area contributed by atoms with E-state index in [4.69, 9.17) is 9.47 Å². The highest BCUT2D eigenvalue weighted by atomic mass is 16.5. The molecule has 32 heavy (non-hydrogen) atoms. The third-order valence-electron chi connectivity index (χ3n) is 8.10. The third-order valence-corrected chi connectivity index (χ3v) is 8.10. The fourth-order valence-corrected chi connectivity index (χ4v) is 5.75. The van der Waals surface area contributed by atoms with E-state index in [9.17, 15) is 0 Å². The molecule has 0 unspecified atom stereocenters. The van der Waals surface area contributed by atoms with Gasteiger partial charge in [0.1, 0.15) is 6.10 Å². The molecule has 4 heterocycles.